The molecule has 0 saturated carbocycles. The first-order valence-corrected chi connectivity index (χ1v) is 10.3. The Labute approximate surface area is 187 Å². The number of aryl methyl sites for hydroxylation is 1. The second-order valence-electron chi connectivity index (χ2n) is 7.34. The number of carbonyl (C=O) groups is 2. The molecule has 2 heterocycles. The number of fused-ring (bicyclic) bond motifs is 1. The van der Waals surface area contributed by atoms with Gasteiger partial charge in [0, 0.05) is 24.1 Å². The zero-order valence-electron chi connectivity index (χ0n) is 17.0. The van der Waals surface area contributed by atoms with Gasteiger partial charge in [0.25, 0.3) is 11.8 Å². The van der Waals surface area contributed by atoms with E-state index in [1.165, 1.54) is 6.07 Å². The van der Waals surface area contributed by atoms with Crippen LogP contribution in [0.25, 0.3) is 5.65 Å². The Morgan fingerprint density at radius 1 is 1.19 bits per heavy atom. The maximum absolute atomic E-state index is 13.4. The molecule has 0 aliphatic heterocycles. The molecule has 2 N–H and O–H groups in total. The van der Waals surface area contributed by atoms with Gasteiger partial charge in [-0.2, -0.15) is 0 Å². The molecule has 3 aromatic rings. The number of halogens is 3. The highest BCUT2D eigenvalue weighted by atomic mass is 35.5. The number of nitrogens with one attached hydrogen (secondary N) is 2. The smallest absolute Gasteiger partial charge is 0.270 e. The van der Waals surface area contributed by atoms with Crippen LogP contribution in [0.4, 0.5) is 8.78 Å². The lowest BCUT2D eigenvalue weighted by Gasteiger charge is -2.16. The van der Waals surface area contributed by atoms with E-state index in [1.54, 1.807) is 35.7 Å². The molecule has 1 atom stereocenters. The van der Waals surface area contributed by atoms with E-state index >= 15 is 0 Å². The van der Waals surface area contributed by atoms with Gasteiger partial charge in [-0.25, -0.2) is 13.8 Å². The zero-order valence-corrected chi connectivity index (χ0v) is 17.8. The summed E-state index contributed by atoms with van der Waals surface area (Å²) < 4.78 is 28.2. The number of rotatable bonds is 5. The molecule has 32 heavy (non-hydrogen) atoms. The fraction of sp³-hybridized carbons (Fsp3) is 0.174. The van der Waals surface area contributed by atoms with Crippen LogP contribution in [0.5, 0.6) is 0 Å². The van der Waals surface area contributed by atoms with Crippen molar-refractivity contribution in [3.05, 3.63) is 94.6 Å². The summed E-state index contributed by atoms with van der Waals surface area (Å²) in [5.41, 5.74) is 2.41. The van der Waals surface area contributed by atoms with Gasteiger partial charge in [-0.15, -0.1) is 11.6 Å². The molecule has 0 fully saturated rings. The quantitative estimate of drug-likeness (QED) is 0.569. The summed E-state index contributed by atoms with van der Waals surface area (Å²) in [6.45, 7) is 1.78. The number of hydrogen-bond donors (Lipinski definition) is 2. The highest BCUT2D eigenvalue weighted by Crippen LogP contribution is 2.19. The summed E-state index contributed by atoms with van der Waals surface area (Å²) in [7, 11) is 0. The lowest BCUT2D eigenvalue weighted by molar-refractivity contribution is 0.0941. The van der Waals surface area contributed by atoms with Crippen LogP contribution in [0.15, 0.2) is 60.5 Å². The zero-order chi connectivity index (χ0) is 22.8. The summed E-state index contributed by atoms with van der Waals surface area (Å²) in [6.07, 6.45) is 7.79. The average Bonchev–Trinajstić information content (AvgIpc) is 3.21. The van der Waals surface area contributed by atoms with E-state index in [-0.39, 0.29) is 23.5 Å². The fourth-order valence-electron chi connectivity index (χ4n) is 3.37. The number of nitrogens with zero attached hydrogens (tertiary/aromatic N) is 2. The van der Waals surface area contributed by atoms with Gasteiger partial charge in [0.05, 0.1) is 10.9 Å². The molecule has 1 aliphatic rings. The Morgan fingerprint density at radius 3 is 2.75 bits per heavy atom. The molecule has 0 bridgehead atoms. The SMILES string of the molecule is Cc1cc(C(=O)NCc2ccc(F)c(F)c2)nc2c(C(=O)NC3=CC=CCC3Cl)ccn12. The van der Waals surface area contributed by atoms with Gasteiger partial charge >= 0.3 is 0 Å². The van der Waals surface area contributed by atoms with Gasteiger partial charge in [-0.3, -0.25) is 9.59 Å². The first-order chi connectivity index (χ1) is 15.3. The molecule has 2 aromatic heterocycles. The summed E-state index contributed by atoms with van der Waals surface area (Å²) in [5.74, 6) is -2.83. The Kier molecular flexibility index (Phi) is 6.05. The Morgan fingerprint density at radius 2 is 2.00 bits per heavy atom. The van der Waals surface area contributed by atoms with E-state index in [2.05, 4.69) is 15.6 Å². The third-order valence-corrected chi connectivity index (χ3v) is 5.49. The molecule has 0 spiro atoms. The Bertz CT molecular complexity index is 1280. The maximum atomic E-state index is 13.4. The molecule has 1 aliphatic carbocycles. The highest BCUT2D eigenvalue weighted by Gasteiger charge is 2.20. The van der Waals surface area contributed by atoms with Crippen molar-refractivity contribution in [1.82, 2.24) is 20.0 Å². The predicted octanol–water partition coefficient (Wildman–Crippen LogP) is 4.03. The monoisotopic (exact) mass is 456 g/mol. The van der Waals surface area contributed by atoms with Crippen LogP contribution in [0.1, 0.15) is 38.5 Å². The van der Waals surface area contributed by atoms with Crippen molar-refractivity contribution in [3.63, 3.8) is 0 Å². The summed E-state index contributed by atoms with van der Waals surface area (Å²) >= 11 is 6.25. The van der Waals surface area contributed by atoms with Crippen LogP contribution in [-0.2, 0) is 6.54 Å². The van der Waals surface area contributed by atoms with Crippen LogP contribution in [-0.4, -0.2) is 26.6 Å². The topological polar surface area (TPSA) is 75.5 Å². The Balaban J connectivity index is 1.56. The molecule has 0 radical (unpaired) electrons. The molecule has 1 unspecified atom stereocenters. The van der Waals surface area contributed by atoms with Crippen molar-refractivity contribution in [2.45, 2.75) is 25.3 Å². The molecule has 1 aromatic carbocycles. The van der Waals surface area contributed by atoms with Crippen molar-refractivity contribution in [1.29, 1.82) is 0 Å². The second-order valence-corrected chi connectivity index (χ2v) is 7.87. The molecular formula is C23H19ClF2N4O2. The highest BCUT2D eigenvalue weighted by molar-refractivity contribution is 6.23. The van der Waals surface area contributed by atoms with Crippen LogP contribution >= 0.6 is 11.6 Å². The van der Waals surface area contributed by atoms with Gasteiger partial charge in [0.15, 0.2) is 17.3 Å². The molecule has 0 saturated heterocycles. The Hall–Kier alpha value is -3.52. The third-order valence-electron chi connectivity index (χ3n) is 5.08. The van der Waals surface area contributed by atoms with Gasteiger partial charge in [0.1, 0.15) is 5.69 Å². The van der Waals surface area contributed by atoms with Gasteiger partial charge in [-0.1, -0.05) is 18.2 Å². The van der Waals surface area contributed by atoms with E-state index in [0.29, 0.717) is 34.6 Å². The molecular weight excluding hydrogens is 438 g/mol. The minimum absolute atomic E-state index is 0.00488. The number of carbonyl (C=O) groups excluding carboxylic acids is 2. The number of benzene rings is 1. The van der Waals surface area contributed by atoms with Crippen LogP contribution in [0, 0.1) is 18.6 Å². The van der Waals surface area contributed by atoms with Crippen molar-refractivity contribution >= 4 is 29.1 Å². The number of allylic oxidation sites excluding steroid dienone is 4. The molecule has 6 nitrogen and oxygen atoms in total. The number of hydrogen-bond acceptors (Lipinski definition) is 3. The first kappa shape index (κ1) is 21.7. The van der Waals surface area contributed by atoms with E-state index in [0.717, 1.165) is 12.1 Å². The van der Waals surface area contributed by atoms with Crippen molar-refractivity contribution in [2.75, 3.05) is 0 Å². The summed E-state index contributed by atoms with van der Waals surface area (Å²) in [6, 6.07) is 6.61. The normalized spacial score (nSPS) is 15.5. The minimum Gasteiger partial charge on any atom is -0.347 e. The summed E-state index contributed by atoms with van der Waals surface area (Å²) in [5, 5.41) is 5.11. The van der Waals surface area contributed by atoms with Gasteiger partial charge in [0.2, 0.25) is 0 Å². The molecule has 9 heteroatoms. The minimum atomic E-state index is -0.987. The van der Waals surface area contributed by atoms with Crippen LogP contribution in [0.2, 0.25) is 0 Å². The lowest BCUT2D eigenvalue weighted by atomic mass is 10.1. The predicted molar refractivity (Wildman–Crippen MR) is 116 cm³/mol. The van der Waals surface area contributed by atoms with E-state index < -0.39 is 17.5 Å². The molecule has 4 rings (SSSR count). The van der Waals surface area contributed by atoms with Gasteiger partial charge < -0.3 is 15.0 Å². The van der Waals surface area contributed by atoms with E-state index in [9.17, 15) is 18.4 Å². The molecule has 2 amide bonds. The van der Waals surface area contributed by atoms with Crippen LogP contribution in [0.3, 0.4) is 0 Å². The number of amides is 2. The third kappa shape index (κ3) is 4.40. The van der Waals surface area contributed by atoms with Gasteiger partial charge in [-0.05, 0) is 49.2 Å². The number of aromatic nitrogens is 2. The van der Waals surface area contributed by atoms with E-state index in [4.69, 9.17) is 11.6 Å². The largest absolute Gasteiger partial charge is 0.347 e. The standard InChI is InChI=1S/C23H19ClF2N4O2/c1-13-10-20(23(32)27-12-14-6-7-17(25)18(26)11-14)28-21-15(8-9-30(13)21)22(31)29-19-5-3-2-4-16(19)24/h2-3,5-11,16H,4,12H2,1H3,(H,27,32)(H,29,31). The second kappa shape index (κ2) is 8.92. The molecule has 164 valence electrons. The van der Waals surface area contributed by atoms with Crippen molar-refractivity contribution < 1.29 is 18.4 Å². The fourth-order valence-corrected chi connectivity index (χ4v) is 3.60. The van der Waals surface area contributed by atoms with Crippen molar-refractivity contribution in [2.24, 2.45) is 0 Å². The number of alkyl halides is 1. The van der Waals surface area contributed by atoms with Crippen molar-refractivity contribution in [3.8, 4) is 0 Å². The lowest BCUT2D eigenvalue weighted by Crippen LogP contribution is -2.28. The van der Waals surface area contributed by atoms with Crippen LogP contribution < -0.4 is 10.6 Å². The van der Waals surface area contributed by atoms with E-state index in [1.807, 2.05) is 12.2 Å². The maximum Gasteiger partial charge on any atom is 0.270 e. The first-order valence-electron chi connectivity index (χ1n) is 9.86. The summed E-state index contributed by atoms with van der Waals surface area (Å²) in [4.78, 5) is 29.8. The average molecular weight is 457 g/mol.